The van der Waals surface area contributed by atoms with Gasteiger partial charge in [0.25, 0.3) is 0 Å². The zero-order valence-corrected chi connectivity index (χ0v) is 14.1. The van der Waals surface area contributed by atoms with E-state index in [2.05, 4.69) is 25.2 Å². The Kier molecular flexibility index (Phi) is 3.86. The summed E-state index contributed by atoms with van der Waals surface area (Å²) in [4.78, 5) is 28.7. The summed E-state index contributed by atoms with van der Waals surface area (Å²) in [5, 5.41) is 5.95. The van der Waals surface area contributed by atoms with E-state index in [9.17, 15) is 4.79 Å². The highest BCUT2D eigenvalue weighted by Crippen LogP contribution is 2.32. The quantitative estimate of drug-likeness (QED) is 0.794. The number of hydrogen-bond donors (Lipinski definition) is 1. The van der Waals surface area contributed by atoms with Gasteiger partial charge in [0.2, 0.25) is 5.91 Å². The molecule has 1 aliphatic heterocycles. The highest BCUT2D eigenvalue weighted by atomic mass is 32.1. The first-order valence-electron chi connectivity index (χ1n) is 7.91. The van der Waals surface area contributed by atoms with Crippen LogP contribution in [0.2, 0.25) is 0 Å². The van der Waals surface area contributed by atoms with Gasteiger partial charge in [-0.3, -0.25) is 4.79 Å². The van der Waals surface area contributed by atoms with Crippen LogP contribution in [0.15, 0.2) is 36.1 Å². The largest absolute Gasteiger partial charge is 0.344 e. The average molecular weight is 339 g/mol. The van der Waals surface area contributed by atoms with Gasteiger partial charge in [-0.15, -0.1) is 11.3 Å². The number of fused-ring (bicyclic) bond motifs is 1. The van der Waals surface area contributed by atoms with E-state index < -0.39 is 0 Å². The molecule has 4 rings (SSSR count). The lowest BCUT2D eigenvalue weighted by atomic mass is 10.2. The summed E-state index contributed by atoms with van der Waals surface area (Å²) in [5.41, 5.74) is 1.07. The number of aryl methyl sites for hydroxylation is 1. The molecule has 1 atom stereocenters. The number of carbonyl (C=O) groups is 1. The molecule has 24 heavy (non-hydrogen) atoms. The monoisotopic (exact) mass is 339 g/mol. The van der Waals surface area contributed by atoms with Crippen LogP contribution in [0.5, 0.6) is 0 Å². The van der Waals surface area contributed by atoms with Gasteiger partial charge < -0.3 is 10.2 Å². The van der Waals surface area contributed by atoms with E-state index in [-0.39, 0.29) is 11.9 Å². The van der Waals surface area contributed by atoms with Gasteiger partial charge in [0.15, 0.2) is 0 Å². The topological polar surface area (TPSA) is 71.0 Å². The SMILES string of the molecule is Cc1ccnc(NC(=O)C2CCCN2c2ncnc3sccc23)c1. The molecule has 1 unspecified atom stereocenters. The molecule has 1 fully saturated rings. The van der Waals surface area contributed by atoms with Crippen LogP contribution in [0.3, 0.4) is 0 Å². The van der Waals surface area contributed by atoms with Crippen molar-refractivity contribution in [2.24, 2.45) is 0 Å². The first-order valence-corrected chi connectivity index (χ1v) is 8.79. The lowest BCUT2D eigenvalue weighted by molar-refractivity contribution is -0.117. The van der Waals surface area contributed by atoms with E-state index in [0.29, 0.717) is 5.82 Å². The summed E-state index contributed by atoms with van der Waals surface area (Å²) in [6, 6.07) is 5.57. The molecular weight excluding hydrogens is 322 g/mol. The van der Waals surface area contributed by atoms with Crippen molar-refractivity contribution in [3.63, 3.8) is 0 Å². The summed E-state index contributed by atoms with van der Waals surface area (Å²) >= 11 is 1.59. The zero-order chi connectivity index (χ0) is 16.5. The number of hydrogen-bond acceptors (Lipinski definition) is 6. The number of amides is 1. The number of anilines is 2. The minimum absolute atomic E-state index is 0.0346. The Labute approximate surface area is 143 Å². The number of aromatic nitrogens is 3. The Hall–Kier alpha value is -2.54. The maximum absolute atomic E-state index is 12.8. The third-order valence-corrected chi connectivity index (χ3v) is 5.06. The summed E-state index contributed by atoms with van der Waals surface area (Å²) in [7, 11) is 0. The minimum atomic E-state index is -0.231. The minimum Gasteiger partial charge on any atom is -0.344 e. The number of thiophene rings is 1. The molecule has 0 saturated carbocycles. The van der Waals surface area contributed by atoms with Gasteiger partial charge in [0.1, 0.15) is 28.8 Å². The standard InChI is InChI=1S/C17H17N5OS/c1-11-4-6-18-14(9-11)21-16(23)13-3-2-7-22(13)15-12-5-8-24-17(12)20-10-19-15/h4-6,8-10,13H,2-3,7H2,1H3,(H,18,21,23). The lowest BCUT2D eigenvalue weighted by Gasteiger charge is -2.25. The van der Waals surface area contributed by atoms with E-state index in [1.165, 1.54) is 0 Å². The maximum Gasteiger partial charge on any atom is 0.248 e. The fourth-order valence-electron chi connectivity index (χ4n) is 3.11. The fourth-order valence-corrected chi connectivity index (χ4v) is 3.84. The fraction of sp³-hybridized carbons (Fsp3) is 0.294. The highest BCUT2D eigenvalue weighted by molar-refractivity contribution is 7.16. The maximum atomic E-state index is 12.8. The molecule has 0 radical (unpaired) electrons. The normalized spacial score (nSPS) is 17.4. The number of carbonyl (C=O) groups excluding carboxylic acids is 1. The first kappa shape index (κ1) is 15.0. The van der Waals surface area contributed by atoms with Crippen LogP contribution in [-0.2, 0) is 4.79 Å². The molecule has 1 N–H and O–H groups in total. The van der Waals surface area contributed by atoms with Crippen molar-refractivity contribution >= 4 is 39.1 Å². The summed E-state index contributed by atoms with van der Waals surface area (Å²) < 4.78 is 0. The van der Waals surface area contributed by atoms with Crippen molar-refractivity contribution in [1.82, 2.24) is 15.0 Å². The van der Waals surface area contributed by atoms with Crippen molar-refractivity contribution in [1.29, 1.82) is 0 Å². The van der Waals surface area contributed by atoms with E-state index in [0.717, 1.165) is 41.0 Å². The number of nitrogens with zero attached hydrogens (tertiary/aromatic N) is 4. The second kappa shape index (κ2) is 6.16. The van der Waals surface area contributed by atoms with Gasteiger partial charge in [-0.25, -0.2) is 15.0 Å². The van der Waals surface area contributed by atoms with Crippen molar-refractivity contribution in [2.75, 3.05) is 16.8 Å². The Morgan fingerprint density at radius 1 is 1.33 bits per heavy atom. The van der Waals surface area contributed by atoms with Gasteiger partial charge in [0, 0.05) is 12.7 Å². The van der Waals surface area contributed by atoms with Gasteiger partial charge >= 0.3 is 0 Å². The molecule has 0 aliphatic carbocycles. The predicted molar refractivity (Wildman–Crippen MR) is 95.4 cm³/mol. The molecule has 7 heteroatoms. The van der Waals surface area contributed by atoms with Crippen LogP contribution in [-0.4, -0.2) is 33.4 Å². The third-order valence-electron chi connectivity index (χ3n) is 4.23. The third kappa shape index (κ3) is 2.71. The molecule has 3 aromatic rings. The van der Waals surface area contributed by atoms with Gasteiger partial charge in [-0.1, -0.05) is 0 Å². The molecule has 0 spiro atoms. The summed E-state index contributed by atoms with van der Waals surface area (Å²) in [6.45, 7) is 2.80. The van der Waals surface area contributed by atoms with Crippen molar-refractivity contribution in [2.45, 2.75) is 25.8 Å². The second-order valence-corrected chi connectivity index (χ2v) is 6.79. The molecule has 6 nitrogen and oxygen atoms in total. The Morgan fingerprint density at radius 3 is 3.12 bits per heavy atom. The predicted octanol–water partition coefficient (Wildman–Crippen LogP) is 3.00. The van der Waals surface area contributed by atoms with Gasteiger partial charge in [-0.05, 0) is 48.9 Å². The van der Waals surface area contributed by atoms with Crippen LogP contribution in [0.4, 0.5) is 11.6 Å². The number of nitrogens with one attached hydrogen (secondary N) is 1. The molecule has 1 aliphatic rings. The number of pyridine rings is 1. The zero-order valence-electron chi connectivity index (χ0n) is 13.3. The Bertz CT molecular complexity index is 893. The van der Waals surface area contributed by atoms with Crippen molar-refractivity contribution < 1.29 is 4.79 Å². The molecule has 1 amide bonds. The summed E-state index contributed by atoms with van der Waals surface area (Å²) in [5.74, 6) is 1.40. The Morgan fingerprint density at radius 2 is 2.25 bits per heavy atom. The van der Waals surface area contributed by atoms with Crippen LogP contribution in [0, 0.1) is 6.92 Å². The van der Waals surface area contributed by atoms with Crippen LogP contribution >= 0.6 is 11.3 Å². The van der Waals surface area contributed by atoms with Crippen LogP contribution in [0.25, 0.3) is 10.2 Å². The number of rotatable bonds is 3. The van der Waals surface area contributed by atoms with Crippen molar-refractivity contribution in [3.8, 4) is 0 Å². The van der Waals surface area contributed by atoms with E-state index in [1.54, 1.807) is 23.9 Å². The van der Waals surface area contributed by atoms with Crippen LogP contribution < -0.4 is 10.2 Å². The van der Waals surface area contributed by atoms with E-state index in [1.807, 2.05) is 30.5 Å². The molecule has 122 valence electrons. The van der Waals surface area contributed by atoms with E-state index >= 15 is 0 Å². The molecule has 0 aromatic carbocycles. The average Bonchev–Trinajstić information content (AvgIpc) is 3.23. The van der Waals surface area contributed by atoms with E-state index in [4.69, 9.17) is 0 Å². The molecule has 4 heterocycles. The smallest absolute Gasteiger partial charge is 0.248 e. The van der Waals surface area contributed by atoms with Crippen molar-refractivity contribution in [3.05, 3.63) is 41.7 Å². The second-order valence-electron chi connectivity index (χ2n) is 5.90. The summed E-state index contributed by atoms with van der Waals surface area (Å²) in [6.07, 6.45) is 5.06. The van der Waals surface area contributed by atoms with Crippen LogP contribution in [0.1, 0.15) is 18.4 Å². The first-order chi connectivity index (χ1) is 11.7. The molecule has 3 aromatic heterocycles. The van der Waals surface area contributed by atoms with Gasteiger partial charge in [-0.2, -0.15) is 0 Å². The Balaban J connectivity index is 1.60. The lowest BCUT2D eigenvalue weighted by Crippen LogP contribution is -2.40. The molecule has 0 bridgehead atoms. The molecule has 1 saturated heterocycles. The molecular formula is C17H17N5OS. The van der Waals surface area contributed by atoms with Gasteiger partial charge in [0.05, 0.1) is 5.39 Å². The highest BCUT2D eigenvalue weighted by Gasteiger charge is 2.33.